The Bertz CT molecular complexity index is 565. The molecule has 2 aliphatic rings. The smallest absolute Gasteiger partial charge is 0.170 e. The lowest BCUT2D eigenvalue weighted by molar-refractivity contribution is -0.239. The molecule has 1 fully saturated rings. The fraction of sp³-hybridized carbons (Fsp3) is 0.611. The molecule has 0 aromatic heterocycles. The maximum Gasteiger partial charge on any atom is 0.170 e. The van der Waals surface area contributed by atoms with Gasteiger partial charge in [-0.3, -0.25) is 4.79 Å². The zero-order valence-electron chi connectivity index (χ0n) is 13.8. The van der Waals surface area contributed by atoms with Crippen molar-refractivity contribution >= 4 is 11.5 Å². The van der Waals surface area contributed by atoms with Gasteiger partial charge in [0.1, 0.15) is 0 Å². The summed E-state index contributed by atoms with van der Waals surface area (Å²) in [6.45, 7) is 4.35. The van der Waals surface area contributed by atoms with E-state index in [0.29, 0.717) is 12.3 Å². The summed E-state index contributed by atoms with van der Waals surface area (Å²) in [5.74, 6) is 0.294. The summed E-state index contributed by atoms with van der Waals surface area (Å²) >= 11 is 0. The van der Waals surface area contributed by atoms with E-state index in [1.165, 1.54) is 0 Å². The number of Topliss-reactive ketones (excluding diaryl/α,β-unsaturated/α-hetero) is 1. The lowest BCUT2D eigenvalue weighted by Gasteiger charge is -2.50. The molecule has 120 valence electrons. The number of carbonyl (C=O) groups is 1. The first-order valence-corrected chi connectivity index (χ1v) is 8.01. The largest absolute Gasteiger partial charge is 0.381 e. The van der Waals surface area contributed by atoms with Crippen LogP contribution in [0.1, 0.15) is 37.0 Å². The lowest BCUT2D eigenvalue weighted by atomic mass is 9.64. The molecule has 1 aromatic carbocycles. The second-order valence-corrected chi connectivity index (χ2v) is 6.82. The molecule has 4 nitrogen and oxygen atoms in total. The van der Waals surface area contributed by atoms with Gasteiger partial charge in [0.05, 0.1) is 0 Å². The third-order valence-electron chi connectivity index (χ3n) is 5.41. The fourth-order valence-corrected chi connectivity index (χ4v) is 4.12. The van der Waals surface area contributed by atoms with Gasteiger partial charge in [-0.2, -0.15) is 0 Å². The molecule has 4 heteroatoms. The summed E-state index contributed by atoms with van der Waals surface area (Å²) in [5.41, 5.74) is 1.75. The van der Waals surface area contributed by atoms with Crippen molar-refractivity contribution in [3.8, 4) is 0 Å². The summed E-state index contributed by atoms with van der Waals surface area (Å²) in [7, 11) is 3.39. The van der Waals surface area contributed by atoms with Gasteiger partial charge >= 0.3 is 0 Å². The lowest BCUT2D eigenvalue weighted by Crippen LogP contribution is -2.56. The second-order valence-electron chi connectivity index (χ2n) is 6.82. The first kappa shape index (κ1) is 15.5. The van der Waals surface area contributed by atoms with E-state index in [1.54, 1.807) is 14.2 Å². The Morgan fingerprint density at radius 1 is 1.18 bits per heavy atom. The molecule has 22 heavy (non-hydrogen) atoms. The van der Waals surface area contributed by atoms with Gasteiger partial charge < -0.3 is 14.8 Å². The number of carbonyl (C=O) groups excluding carboxylic acids is 1. The minimum absolute atomic E-state index is 0.00618. The van der Waals surface area contributed by atoms with Gasteiger partial charge in [-0.05, 0) is 24.0 Å². The average Bonchev–Trinajstić information content (AvgIpc) is 2.53. The van der Waals surface area contributed by atoms with Crippen LogP contribution in [0, 0.1) is 17.8 Å². The van der Waals surface area contributed by atoms with Crippen molar-refractivity contribution in [3.05, 3.63) is 29.8 Å². The number of ether oxygens (including phenoxy) is 2. The van der Waals surface area contributed by atoms with E-state index in [2.05, 4.69) is 19.2 Å². The van der Waals surface area contributed by atoms with Crippen molar-refractivity contribution in [3.63, 3.8) is 0 Å². The Kier molecular flexibility index (Phi) is 4.00. The molecule has 1 aliphatic heterocycles. The van der Waals surface area contributed by atoms with E-state index in [-0.39, 0.29) is 23.7 Å². The Morgan fingerprint density at radius 2 is 1.86 bits per heavy atom. The van der Waals surface area contributed by atoms with E-state index < -0.39 is 5.79 Å². The van der Waals surface area contributed by atoms with Crippen LogP contribution in [0.5, 0.6) is 0 Å². The zero-order chi connectivity index (χ0) is 15.9. The number of nitrogens with one attached hydrogen (secondary N) is 1. The second kappa shape index (κ2) is 5.67. The first-order chi connectivity index (χ1) is 10.5. The van der Waals surface area contributed by atoms with E-state index in [4.69, 9.17) is 9.47 Å². The molecular formula is C18H25NO3. The van der Waals surface area contributed by atoms with E-state index >= 15 is 0 Å². The van der Waals surface area contributed by atoms with Crippen LogP contribution in [0.3, 0.4) is 0 Å². The third-order valence-corrected chi connectivity index (χ3v) is 5.41. The highest BCUT2D eigenvalue weighted by atomic mass is 16.7. The van der Waals surface area contributed by atoms with Gasteiger partial charge in [-0.25, -0.2) is 0 Å². The van der Waals surface area contributed by atoms with Crippen LogP contribution in [-0.4, -0.2) is 31.8 Å². The maximum absolute atomic E-state index is 13.0. The Morgan fingerprint density at radius 3 is 2.50 bits per heavy atom. The van der Waals surface area contributed by atoms with Crippen molar-refractivity contribution in [1.82, 2.24) is 0 Å². The molecule has 1 saturated carbocycles. The number of benzene rings is 1. The van der Waals surface area contributed by atoms with Crippen LogP contribution in [-0.2, 0) is 9.47 Å². The normalized spacial score (nSPS) is 29.7. The van der Waals surface area contributed by atoms with E-state index in [0.717, 1.165) is 17.7 Å². The van der Waals surface area contributed by atoms with Gasteiger partial charge in [0.25, 0.3) is 0 Å². The average molecular weight is 303 g/mol. The number of anilines is 1. The molecule has 3 rings (SSSR count). The molecule has 1 N–H and O–H groups in total. The number of ketones is 1. The van der Waals surface area contributed by atoms with Gasteiger partial charge in [0.15, 0.2) is 11.6 Å². The molecule has 3 atom stereocenters. The van der Waals surface area contributed by atoms with Crippen LogP contribution in [0.15, 0.2) is 24.3 Å². The number of fused-ring (bicyclic) bond motifs is 2. The Labute approximate surface area is 132 Å². The highest BCUT2D eigenvalue weighted by Crippen LogP contribution is 2.47. The van der Waals surface area contributed by atoms with Gasteiger partial charge in [-0.1, -0.05) is 26.0 Å². The molecule has 1 aliphatic carbocycles. The number of rotatable bonds is 3. The van der Waals surface area contributed by atoms with Gasteiger partial charge in [0, 0.05) is 50.3 Å². The van der Waals surface area contributed by atoms with Crippen LogP contribution in [0.25, 0.3) is 0 Å². The van der Waals surface area contributed by atoms with Crippen LogP contribution >= 0.6 is 0 Å². The molecule has 0 radical (unpaired) electrons. The summed E-state index contributed by atoms with van der Waals surface area (Å²) in [5, 5.41) is 3.56. The van der Waals surface area contributed by atoms with Crippen LogP contribution < -0.4 is 5.32 Å². The predicted molar refractivity (Wildman–Crippen MR) is 86.0 cm³/mol. The van der Waals surface area contributed by atoms with Crippen molar-refractivity contribution in [2.45, 2.75) is 38.5 Å². The molecular weight excluding hydrogens is 278 g/mol. The molecule has 0 unspecified atom stereocenters. The fourth-order valence-electron chi connectivity index (χ4n) is 4.12. The Hall–Kier alpha value is -1.39. The highest BCUT2D eigenvalue weighted by molar-refractivity contribution is 6.05. The minimum Gasteiger partial charge on any atom is -0.381 e. The van der Waals surface area contributed by atoms with Crippen molar-refractivity contribution in [1.29, 1.82) is 0 Å². The quantitative estimate of drug-likeness (QED) is 0.870. The maximum atomic E-state index is 13.0. The number of methoxy groups -OCH3 is 2. The molecule has 0 saturated heterocycles. The predicted octanol–water partition coefficient (Wildman–Crippen LogP) is 3.33. The zero-order valence-corrected chi connectivity index (χ0v) is 13.8. The van der Waals surface area contributed by atoms with Crippen molar-refractivity contribution < 1.29 is 14.3 Å². The highest BCUT2D eigenvalue weighted by Gasteiger charge is 2.52. The number of hydrogen-bond acceptors (Lipinski definition) is 4. The topological polar surface area (TPSA) is 47.6 Å². The molecule has 0 bridgehead atoms. The van der Waals surface area contributed by atoms with E-state index in [9.17, 15) is 4.79 Å². The van der Waals surface area contributed by atoms with Crippen molar-refractivity contribution in [2.24, 2.45) is 17.8 Å². The molecule has 1 aromatic rings. The molecule has 0 amide bonds. The molecule has 0 spiro atoms. The molecule has 1 heterocycles. The SMILES string of the molecule is COC1(OC)C[C@@H]2Nc3ccccc3C(=O)[C@@H]2[C@H](C(C)C)C1. The summed E-state index contributed by atoms with van der Waals surface area (Å²) < 4.78 is 11.4. The summed E-state index contributed by atoms with van der Waals surface area (Å²) in [6.07, 6.45) is 1.45. The number of para-hydroxylation sites is 1. The van der Waals surface area contributed by atoms with Crippen LogP contribution in [0.2, 0.25) is 0 Å². The minimum atomic E-state index is -0.602. The summed E-state index contributed by atoms with van der Waals surface area (Å²) in [6, 6.07) is 7.85. The van der Waals surface area contributed by atoms with Crippen molar-refractivity contribution in [2.75, 3.05) is 19.5 Å². The van der Waals surface area contributed by atoms with Gasteiger partial charge in [-0.15, -0.1) is 0 Å². The van der Waals surface area contributed by atoms with Crippen LogP contribution in [0.4, 0.5) is 5.69 Å². The standard InChI is InChI=1S/C18H25NO3/c1-11(2)13-9-18(21-3,22-4)10-15-16(13)17(20)12-7-5-6-8-14(12)19-15/h5-8,11,13,15-16,19H,9-10H2,1-4H3/t13-,15-,16+/m0/s1. The van der Waals surface area contributed by atoms with Gasteiger partial charge in [0.2, 0.25) is 0 Å². The summed E-state index contributed by atoms with van der Waals surface area (Å²) in [4.78, 5) is 13.0. The van der Waals surface area contributed by atoms with E-state index in [1.807, 2.05) is 24.3 Å². The first-order valence-electron chi connectivity index (χ1n) is 8.01. The monoisotopic (exact) mass is 303 g/mol. The number of hydrogen-bond donors (Lipinski definition) is 1. The third kappa shape index (κ3) is 2.34. The Balaban J connectivity index is 2.02.